The molecule has 7 heteroatoms. The first-order chi connectivity index (χ1) is 11.0. The first-order valence-electron chi connectivity index (χ1n) is 6.56. The highest BCUT2D eigenvalue weighted by molar-refractivity contribution is 6.07. The monoisotopic (exact) mass is 317 g/mol. The molecule has 0 saturated carbocycles. The normalized spacial score (nSPS) is 10.0. The molecule has 0 atom stereocenters. The molecule has 7 nitrogen and oxygen atoms in total. The highest BCUT2D eigenvalue weighted by Gasteiger charge is 2.16. The Morgan fingerprint density at radius 2 is 1.78 bits per heavy atom. The molecule has 0 saturated heterocycles. The smallest absolute Gasteiger partial charge is 0.337 e. The summed E-state index contributed by atoms with van der Waals surface area (Å²) >= 11 is 0. The summed E-state index contributed by atoms with van der Waals surface area (Å²) in [4.78, 5) is 23.6. The van der Waals surface area contributed by atoms with Crippen LogP contribution >= 0.6 is 0 Å². The lowest BCUT2D eigenvalue weighted by molar-refractivity contribution is 0.0600. The van der Waals surface area contributed by atoms with Crippen LogP contribution in [0.5, 0.6) is 17.2 Å². The number of benzene rings is 2. The van der Waals surface area contributed by atoms with E-state index in [1.165, 1.54) is 50.6 Å². The van der Waals surface area contributed by atoms with E-state index in [1.807, 2.05) is 0 Å². The van der Waals surface area contributed by atoms with Crippen LogP contribution in [0.25, 0.3) is 0 Å². The van der Waals surface area contributed by atoms with Gasteiger partial charge in [0.15, 0.2) is 0 Å². The zero-order valence-electron chi connectivity index (χ0n) is 12.5. The van der Waals surface area contributed by atoms with Gasteiger partial charge in [0.05, 0.1) is 31.0 Å². The standard InChI is InChI=1S/C16H15NO6/c1-22-14-6-4-10(18)8-11(14)15(20)17-12-5-3-9(7-13(12)19)16(21)23-2/h3-8,18-19H,1-2H3,(H,17,20). The third-order valence-corrected chi connectivity index (χ3v) is 3.09. The van der Waals surface area contributed by atoms with Crippen molar-refractivity contribution in [1.82, 2.24) is 0 Å². The molecular weight excluding hydrogens is 302 g/mol. The number of carbonyl (C=O) groups excluding carboxylic acids is 2. The van der Waals surface area contributed by atoms with Crippen molar-refractivity contribution >= 4 is 17.6 Å². The largest absolute Gasteiger partial charge is 0.508 e. The SMILES string of the molecule is COC(=O)c1ccc(NC(=O)c2cc(O)ccc2OC)c(O)c1. The molecule has 23 heavy (non-hydrogen) atoms. The van der Waals surface area contributed by atoms with Crippen LogP contribution < -0.4 is 10.1 Å². The van der Waals surface area contributed by atoms with E-state index in [9.17, 15) is 19.8 Å². The lowest BCUT2D eigenvalue weighted by Gasteiger charge is -2.11. The maximum atomic E-state index is 12.3. The minimum absolute atomic E-state index is 0.0961. The van der Waals surface area contributed by atoms with Crippen LogP contribution in [-0.2, 0) is 4.74 Å². The van der Waals surface area contributed by atoms with E-state index < -0.39 is 11.9 Å². The van der Waals surface area contributed by atoms with Gasteiger partial charge in [-0.05, 0) is 36.4 Å². The Balaban J connectivity index is 2.27. The minimum atomic E-state index is -0.604. The van der Waals surface area contributed by atoms with E-state index in [0.717, 1.165) is 0 Å². The van der Waals surface area contributed by atoms with Crippen molar-refractivity contribution in [2.75, 3.05) is 19.5 Å². The van der Waals surface area contributed by atoms with Gasteiger partial charge in [0.25, 0.3) is 5.91 Å². The van der Waals surface area contributed by atoms with E-state index in [-0.39, 0.29) is 34.1 Å². The Hall–Kier alpha value is -3.22. The molecule has 0 aromatic heterocycles. The number of esters is 1. The van der Waals surface area contributed by atoms with Crippen molar-refractivity contribution < 1.29 is 29.3 Å². The van der Waals surface area contributed by atoms with Crippen molar-refractivity contribution in [1.29, 1.82) is 0 Å². The number of rotatable bonds is 4. The molecule has 2 rings (SSSR count). The summed E-state index contributed by atoms with van der Waals surface area (Å²) < 4.78 is 9.60. The molecule has 0 aliphatic heterocycles. The van der Waals surface area contributed by atoms with Crippen LogP contribution in [0.3, 0.4) is 0 Å². The molecule has 0 aliphatic carbocycles. The number of methoxy groups -OCH3 is 2. The summed E-state index contributed by atoms with van der Waals surface area (Å²) in [7, 11) is 2.62. The Morgan fingerprint density at radius 3 is 2.39 bits per heavy atom. The van der Waals surface area contributed by atoms with E-state index in [2.05, 4.69) is 10.1 Å². The number of nitrogens with one attached hydrogen (secondary N) is 1. The Bertz CT molecular complexity index is 756. The van der Waals surface area contributed by atoms with Gasteiger partial charge in [0.1, 0.15) is 17.2 Å². The van der Waals surface area contributed by atoms with Gasteiger partial charge in [0.2, 0.25) is 0 Å². The number of ether oxygens (including phenoxy) is 2. The molecule has 0 aliphatic rings. The zero-order chi connectivity index (χ0) is 17.0. The third kappa shape index (κ3) is 3.52. The molecule has 2 aromatic carbocycles. The molecule has 0 radical (unpaired) electrons. The van der Waals surface area contributed by atoms with Gasteiger partial charge in [-0.25, -0.2) is 4.79 Å². The molecule has 0 heterocycles. The van der Waals surface area contributed by atoms with Gasteiger partial charge < -0.3 is 25.0 Å². The summed E-state index contributed by atoms with van der Waals surface area (Å²) in [6.45, 7) is 0. The summed E-state index contributed by atoms with van der Waals surface area (Å²) in [6.07, 6.45) is 0. The van der Waals surface area contributed by atoms with Crippen LogP contribution in [-0.4, -0.2) is 36.3 Å². The summed E-state index contributed by atoms with van der Waals surface area (Å²) in [5, 5.41) is 21.9. The van der Waals surface area contributed by atoms with Gasteiger partial charge >= 0.3 is 5.97 Å². The lowest BCUT2D eigenvalue weighted by atomic mass is 10.1. The van der Waals surface area contributed by atoms with Gasteiger partial charge in [-0.1, -0.05) is 0 Å². The predicted octanol–water partition coefficient (Wildman–Crippen LogP) is 2.15. The Labute approximate surface area is 132 Å². The fourth-order valence-electron chi connectivity index (χ4n) is 1.95. The van der Waals surface area contributed by atoms with Crippen LogP contribution in [0.1, 0.15) is 20.7 Å². The molecule has 120 valence electrons. The van der Waals surface area contributed by atoms with E-state index in [0.29, 0.717) is 0 Å². The number of amides is 1. The maximum Gasteiger partial charge on any atom is 0.337 e. The molecule has 3 N–H and O–H groups in total. The van der Waals surface area contributed by atoms with Crippen molar-refractivity contribution in [2.45, 2.75) is 0 Å². The second-order valence-corrected chi connectivity index (χ2v) is 4.56. The number of aromatic hydroxyl groups is 2. The predicted molar refractivity (Wildman–Crippen MR) is 82.1 cm³/mol. The Kier molecular flexibility index (Phi) is 4.70. The zero-order valence-corrected chi connectivity index (χ0v) is 12.5. The quantitative estimate of drug-likeness (QED) is 0.589. The first kappa shape index (κ1) is 16.2. The summed E-state index contributed by atoms with van der Waals surface area (Å²) in [5.74, 6) is -1.31. The average molecular weight is 317 g/mol. The molecule has 0 spiro atoms. The van der Waals surface area contributed by atoms with E-state index in [1.54, 1.807) is 0 Å². The molecular formula is C16H15NO6. The maximum absolute atomic E-state index is 12.3. The van der Waals surface area contributed by atoms with Crippen LogP contribution in [0.15, 0.2) is 36.4 Å². The van der Waals surface area contributed by atoms with Crippen LogP contribution in [0, 0.1) is 0 Å². The summed E-state index contributed by atoms with van der Waals surface area (Å²) in [6, 6.07) is 8.04. The number of hydrogen-bond donors (Lipinski definition) is 3. The minimum Gasteiger partial charge on any atom is -0.508 e. The van der Waals surface area contributed by atoms with Crippen molar-refractivity contribution in [3.63, 3.8) is 0 Å². The molecule has 0 fully saturated rings. The summed E-state index contributed by atoms with van der Waals surface area (Å²) in [5.41, 5.74) is 0.356. The van der Waals surface area contributed by atoms with E-state index >= 15 is 0 Å². The van der Waals surface area contributed by atoms with Gasteiger partial charge in [-0.15, -0.1) is 0 Å². The lowest BCUT2D eigenvalue weighted by Crippen LogP contribution is -2.13. The van der Waals surface area contributed by atoms with E-state index in [4.69, 9.17) is 4.74 Å². The molecule has 1 amide bonds. The highest BCUT2D eigenvalue weighted by Crippen LogP contribution is 2.28. The molecule has 0 bridgehead atoms. The fraction of sp³-hybridized carbons (Fsp3) is 0.125. The van der Waals surface area contributed by atoms with Crippen molar-refractivity contribution in [2.24, 2.45) is 0 Å². The third-order valence-electron chi connectivity index (χ3n) is 3.09. The number of carbonyl (C=O) groups is 2. The van der Waals surface area contributed by atoms with Gasteiger partial charge in [-0.3, -0.25) is 4.79 Å². The number of phenols is 2. The van der Waals surface area contributed by atoms with Crippen LogP contribution in [0.4, 0.5) is 5.69 Å². The molecule has 0 unspecified atom stereocenters. The molecule has 2 aromatic rings. The Morgan fingerprint density at radius 1 is 1.04 bits per heavy atom. The van der Waals surface area contributed by atoms with Gasteiger partial charge in [-0.2, -0.15) is 0 Å². The van der Waals surface area contributed by atoms with Crippen LogP contribution in [0.2, 0.25) is 0 Å². The van der Waals surface area contributed by atoms with Crippen molar-refractivity contribution in [3.8, 4) is 17.2 Å². The number of hydrogen-bond acceptors (Lipinski definition) is 6. The first-order valence-corrected chi connectivity index (χ1v) is 6.56. The number of phenolic OH excluding ortho intramolecular Hbond substituents is 2. The fourth-order valence-corrected chi connectivity index (χ4v) is 1.95. The highest BCUT2D eigenvalue weighted by atomic mass is 16.5. The number of anilines is 1. The second-order valence-electron chi connectivity index (χ2n) is 4.56. The van der Waals surface area contributed by atoms with Crippen molar-refractivity contribution in [3.05, 3.63) is 47.5 Å². The van der Waals surface area contributed by atoms with Gasteiger partial charge in [0, 0.05) is 0 Å². The second kappa shape index (κ2) is 6.69. The topological polar surface area (TPSA) is 105 Å². The average Bonchev–Trinajstić information content (AvgIpc) is 2.55.